The maximum Gasteiger partial charge on any atom is 0.238 e. The average molecular weight is 385 g/mol. The molecule has 2 aromatic rings. The van der Waals surface area contributed by atoms with E-state index < -0.39 is 0 Å². The quantitative estimate of drug-likeness (QED) is 0.660. The van der Waals surface area contributed by atoms with Crippen LogP contribution in [0.15, 0.2) is 53.4 Å². The minimum absolute atomic E-state index is 0. The van der Waals surface area contributed by atoms with Crippen LogP contribution in [0.1, 0.15) is 19.4 Å². The molecular formula is C18H22Cl2N2OS. The van der Waals surface area contributed by atoms with Crippen molar-refractivity contribution in [2.24, 2.45) is 0 Å². The van der Waals surface area contributed by atoms with Crippen molar-refractivity contribution < 1.29 is 4.79 Å². The lowest BCUT2D eigenvalue weighted by molar-refractivity contribution is -0.115. The highest BCUT2D eigenvalue weighted by molar-refractivity contribution is 7.99. The second-order valence-electron chi connectivity index (χ2n) is 5.43. The summed E-state index contributed by atoms with van der Waals surface area (Å²) in [4.78, 5) is 13.1. The van der Waals surface area contributed by atoms with Gasteiger partial charge in [-0.3, -0.25) is 4.79 Å². The molecule has 3 nitrogen and oxygen atoms in total. The lowest BCUT2D eigenvalue weighted by atomic mass is 10.2. The van der Waals surface area contributed by atoms with Crippen LogP contribution in [0.4, 0.5) is 5.69 Å². The first-order valence-corrected chi connectivity index (χ1v) is 8.81. The van der Waals surface area contributed by atoms with Crippen molar-refractivity contribution in [2.45, 2.75) is 30.5 Å². The fourth-order valence-corrected chi connectivity index (χ4v) is 3.09. The number of halogens is 2. The number of hydrogen-bond donors (Lipinski definition) is 2. The highest BCUT2D eigenvalue weighted by Crippen LogP contribution is 2.24. The smallest absolute Gasteiger partial charge is 0.238 e. The molecule has 2 N–H and O–H groups in total. The van der Waals surface area contributed by atoms with Gasteiger partial charge in [0.25, 0.3) is 0 Å². The van der Waals surface area contributed by atoms with E-state index in [0.29, 0.717) is 16.8 Å². The number of hydrogen-bond acceptors (Lipinski definition) is 3. The zero-order valence-electron chi connectivity index (χ0n) is 13.7. The van der Waals surface area contributed by atoms with Crippen molar-refractivity contribution in [3.8, 4) is 0 Å². The summed E-state index contributed by atoms with van der Waals surface area (Å²) >= 11 is 7.88. The van der Waals surface area contributed by atoms with Gasteiger partial charge in [0, 0.05) is 27.4 Å². The molecule has 0 bridgehead atoms. The standard InChI is InChI=1S/C18H21ClN2OS.ClH/c1-13(2)23-16-9-7-15(8-10-16)21-18(22)12-20-11-14-5-3-4-6-17(14)19;/h3-10,13,20H,11-12H2,1-2H3,(H,21,22);1H. The Balaban J connectivity index is 0.00000288. The van der Waals surface area contributed by atoms with Crippen molar-refractivity contribution in [3.05, 3.63) is 59.1 Å². The Morgan fingerprint density at radius 3 is 2.42 bits per heavy atom. The second-order valence-corrected chi connectivity index (χ2v) is 7.49. The topological polar surface area (TPSA) is 41.1 Å². The van der Waals surface area contributed by atoms with Gasteiger partial charge in [-0.25, -0.2) is 0 Å². The van der Waals surface area contributed by atoms with Crippen LogP contribution in [-0.4, -0.2) is 17.7 Å². The van der Waals surface area contributed by atoms with E-state index in [1.54, 1.807) is 11.8 Å². The molecule has 24 heavy (non-hydrogen) atoms. The molecule has 0 aromatic heterocycles. The van der Waals surface area contributed by atoms with E-state index in [1.165, 1.54) is 4.90 Å². The lowest BCUT2D eigenvalue weighted by Crippen LogP contribution is -2.27. The van der Waals surface area contributed by atoms with Crippen LogP contribution in [0.5, 0.6) is 0 Å². The number of benzene rings is 2. The maximum atomic E-state index is 11.9. The van der Waals surface area contributed by atoms with Crippen molar-refractivity contribution in [1.29, 1.82) is 0 Å². The lowest BCUT2D eigenvalue weighted by Gasteiger charge is -2.09. The van der Waals surface area contributed by atoms with Crippen molar-refractivity contribution >= 4 is 47.4 Å². The monoisotopic (exact) mass is 384 g/mol. The molecule has 0 fully saturated rings. The van der Waals surface area contributed by atoms with Crippen LogP contribution in [0, 0.1) is 0 Å². The Hall–Kier alpha value is -1.20. The minimum atomic E-state index is -0.0682. The van der Waals surface area contributed by atoms with Gasteiger partial charge < -0.3 is 10.6 Å². The molecule has 0 heterocycles. The highest BCUT2D eigenvalue weighted by Gasteiger charge is 2.04. The van der Waals surface area contributed by atoms with Crippen LogP contribution in [-0.2, 0) is 11.3 Å². The number of anilines is 1. The predicted molar refractivity (Wildman–Crippen MR) is 106 cm³/mol. The summed E-state index contributed by atoms with van der Waals surface area (Å²) < 4.78 is 0. The van der Waals surface area contributed by atoms with Gasteiger partial charge in [0.2, 0.25) is 5.91 Å². The van der Waals surface area contributed by atoms with E-state index >= 15 is 0 Å². The number of amides is 1. The van der Waals surface area contributed by atoms with Gasteiger partial charge >= 0.3 is 0 Å². The summed E-state index contributed by atoms with van der Waals surface area (Å²) in [5.74, 6) is -0.0682. The number of rotatable bonds is 7. The summed E-state index contributed by atoms with van der Waals surface area (Å²) in [6.45, 7) is 5.13. The largest absolute Gasteiger partial charge is 0.325 e. The summed E-state index contributed by atoms with van der Waals surface area (Å²) in [6, 6.07) is 15.5. The van der Waals surface area contributed by atoms with Crippen molar-refractivity contribution in [2.75, 3.05) is 11.9 Å². The van der Waals surface area contributed by atoms with E-state index in [0.717, 1.165) is 11.3 Å². The number of carbonyl (C=O) groups excluding carboxylic acids is 1. The molecule has 2 rings (SSSR count). The third kappa shape index (κ3) is 7.14. The summed E-state index contributed by atoms with van der Waals surface area (Å²) in [6.07, 6.45) is 0. The molecular weight excluding hydrogens is 363 g/mol. The number of nitrogens with one attached hydrogen (secondary N) is 2. The molecule has 2 aromatic carbocycles. The molecule has 0 spiro atoms. The van der Waals surface area contributed by atoms with Gasteiger partial charge in [-0.15, -0.1) is 24.2 Å². The molecule has 0 aliphatic heterocycles. The Morgan fingerprint density at radius 1 is 1.12 bits per heavy atom. The fourth-order valence-electron chi connectivity index (χ4n) is 2.05. The molecule has 0 aliphatic rings. The number of thioether (sulfide) groups is 1. The molecule has 0 radical (unpaired) electrons. The van der Waals surface area contributed by atoms with E-state index in [2.05, 4.69) is 24.5 Å². The Morgan fingerprint density at radius 2 is 1.79 bits per heavy atom. The number of carbonyl (C=O) groups is 1. The zero-order valence-corrected chi connectivity index (χ0v) is 16.1. The van der Waals surface area contributed by atoms with Crippen LogP contribution < -0.4 is 10.6 Å². The summed E-state index contributed by atoms with van der Waals surface area (Å²) in [5, 5.41) is 7.23. The predicted octanol–water partition coefficient (Wildman–Crippen LogP) is 4.99. The van der Waals surface area contributed by atoms with Crippen LogP contribution in [0.2, 0.25) is 5.02 Å². The Kier molecular flexibility index (Phi) is 9.22. The third-order valence-corrected chi connectivity index (χ3v) is 4.45. The highest BCUT2D eigenvalue weighted by atomic mass is 35.5. The average Bonchev–Trinajstić information content (AvgIpc) is 2.51. The third-order valence-electron chi connectivity index (χ3n) is 3.07. The SMILES string of the molecule is CC(C)Sc1ccc(NC(=O)CNCc2ccccc2Cl)cc1.Cl. The Bertz CT molecular complexity index is 648. The summed E-state index contributed by atoms with van der Waals surface area (Å²) in [5.41, 5.74) is 1.79. The first kappa shape index (κ1) is 20.8. The van der Waals surface area contributed by atoms with Gasteiger partial charge in [-0.1, -0.05) is 43.6 Å². The molecule has 1 amide bonds. The molecule has 0 unspecified atom stereocenters. The molecule has 0 saturated heterocycles. The maximum absolute atomic E-state index is 11.9. The fraction of sp³-hybridized carbons (Fsp3) is 0.278. The molecule has 0 aliphatic carbocycles. The van der Waals surface area contributed by atoms with E-state index in [1.807, 2.05) is 48.5 Å². The van der Waals surface area contributed by atoms with Gasteiger partial charge in [-0.2, -0.15) is 0 Å². The first-order valence-electron chi connectivity index (χ1n) is 7.55. The van der Waals surface area contributed by atoms with Crippen LogP contribution in [0.25, 0.3) is 0 Å². The van der Waals surface area contributed by atoms with Gasteiger partial charge in [-0.05, 0) is 35.9 Å². The molecule has 0 saturated carbocycles. The summed E-state index contributed by atoms with van der Waals surface area (Å²) in [7, 11) is 0. The van der Waals surface area contributed by atoms with Crippen molar-refractivity contribution in [3.63, 3.8) is 0 Å². The molecule has 6 heteroatoms. The van der Waals surface area contributed by atoms with E-state index in [4.69, 9.17) is 11.6 Å². The zero-order chi connectivity index (χ0) is 16.7. The van der Waals surface area contributed by atoms with Crippen LogP contribution >= 0.6 is 35.8 Å². The van der Waals surface area contributed by atoms with Gasteiger partial charge in [0.15, 0.2) is 0 Å². The first-order chi connectivity index (χ1) is 11.0. The van der Waals surface area contributed by atoms with E-state index in [-0.39, 0.29) is 24.9 Å². The van der Waals surface area contributed by atoms with Crippen LogP contribution in [0.3, 0.4) is 0 Å². The normalized spacial score (nSPS) is 10.3. The van der Waals surface area contributed by atoms with Gasteiger partial charge in [0.1, 0.15) is 0 Å². The van der Waals surface area contributed by atoms with Crippen molar-refractivity contribution in [1.82, 2.24) is 5.32 Å². The van der Waals surface area contributed by atoms with Gasteiger partial charge in [0.05, 0.1) is 6.54 Å². The minimum Gasteiger partial charge on any atom is -0.325 e. The molecule has 130 valence electrons. The molecule has 0 atom stereocenters. The Labute approximate surface area is 159 Å². The van der Waals surface area contributed by atoms with E-state index in [9.17, 15) is 4.79 Å². The second kappa shape index (κ2) is 10.6.